The molecular formula is C25H17BrClN3O2S. The molecule has 3 aromatic carbocycles. The van der Waals surface area contributed by atoms with Crippen LogP contribution in [-0.2, 0) is 16.0 Å². The van der Waals surface area contributed by atoms with Crippen LogP contribution in [0, 0.1) is 11.3 Å². The van der Waals surface area contributed by atoms with Crippen LogP contribution >= 0.6 is 39.3 Å². The molecule has 1 atom stereocenters. The van der Waals surface area contributed by atoms with Gasteiger partial charge in [0.05, 0.1) is 5.25 Å². The highest BCUT2D eigenvalue weighted by Crippen LogP contribution is 2.42. The molecule has 0 aliphatic carbocycles. The van der Waals surface area contributed by atoms with Crippen LogP contribution in [0.15, 0.2) is 93.9 Å². The predicted octanol–water partition coefficient (Wildman–Crippen LogP) is 6.17. The van der Waals surface area contributed by atoms with Crippen molar-refractivity contribution in [2.75, 3.05) is 10.2 Å². The molecule has 2 amide bonds. The van der Waals surface area contributed by atoms with Gasteiger partial charge < -0.3 is 5.32 Å². The minimum Gasteiger partial charge on any atom is -0.321 e. The van der Waals surface area contributed by atoms with E-state index in [0.717, 1.165) is 10.0 Å². The highest BCUT2D eigenvalue weighted by atomic mass is 79.9. The summed E-state index contributed by atoms with van der Waals surface area (Å²) in [7, 11) is 0. The number of benzene rings is 3. The van der Waals surface area contributed by atoms with E-state index in [1.807, 2.05) is 36.4 Å². The monoisotopic (exact) mass is 537 g/mol. The number of hydrogen-bond donors (Lipinski definition) is 1. The first-order valence-corrected chi connectivity index (χ1v) is 12.0. The smallest absolute Gasteiger partial charge is 0.269 e. The lowest BCUT2D eigenvalue weighted by Gasteiger charge is -2.19. The Balaban J connectivity index is 1.72. The summed E-state index contributed by atoms with van der Waals surface area (Å²) in [5, 5.41) is 13.0. The van der Waals surface area contributed by atoms with Crippen LogP contribution in [0.4, 0.5) is 11.4 Å². The summed E-state index contributed by atoms with van der Waals surface area (Å²) >= 11 is 10.6. The molecule has 1 heterocycles. The third-order valence-corrected chi connectivity index (χ3v) is 7.00. The van der Waals surface area contributed by atoms with Gasteiger partial charge >= 0.3 is 0 Å². The van der Waals surface area contributed by atoms with Crippen molar-refractivity contribution in [2.45, 2.75) is 11.7 Å². The average Bonchev–Trinajstić information content (AvgIpc) is 3.12. The van der Waals surface area contributed by atoms with Crippen LogP contribution < -0.4 is 10.2 Å². The number of nitrogens with zero attached hydrogens (tertiary/aromatic N) is 2. The molecular weight excluding hydrogens is 522 g/mol. The second kappa shape index (κ2) is 10.3. The number of halogens is 2. The number of rotatable bonds is 5. The van der Waals surface area contributed by atoms with E-state index in [4.69, 9.17) is 11.6 Å². The van der Waals surface area contributed by atoms with Gasteiger partial charge in [0.25, 0.3) is 5.91 Å². The molecule has 1 unspecified atom stereocenters. The van der Waals surface area contributed by atoms with Crippen LogP contribution in [0.1, 0.15) is 5.56 Å². The van der Waals surface area contributed by atoms with Gasteiger partial charge in [-0.1, -0.05) is 69.6 Å². The normalized spacial score (nSPS) is 16.9. The van der Waals surface area contributed by atoms with Gasteiger partial charge in [0.1, 0.15) is 16.7 Å². The number of nitrogens with one attached hydrogen (secondary N) is 1. The van der Waals surface area contributed by atoms with E-state index in [2.05, 4.69) is 21.2 Å². The van der Waals surface area contributed by atoms with Gasteiger partial charge in [-0.25, -0.2) is 0 Å². The van der Waals surface area contributed by atoms with Gasteiger partial charge in [0.15, 0.2) is 0 Å². The third-order valence-electron chi connectivity index (χ3n) is 4.96. The number of anilines is 2. The summed E-state index contributed by atoms with van der Waals surface area (Å²) in [6.07, 6.45) is 0.477. The van der Waals surface area contributed by atoms with E-state index >= 15 is 0 Å². The van der Waals surface area contributed by atoms with E-state index < -0.39 is 11.2 Å². The molecule has 0 spiro atoms. The van der Waals surface area contributed by atoms with Crippen LogP contribution in [0.25, 0.3) is 0 Å². The molecule has 1 saturated heterocycles. The summed E-state index contributed by atoms with van der Waals surface area (Å²) in [6.45, 7) is 0. The Bertz CT molecular complexity index is 1260. The van der Waals surface area contributed by atoms with E-state index in [1.54, 1.807) is 48.5 Å². The molecule has 0 radical (unpaired) electrons. The maximum Gasteiger partial charge on any atom is 0.269 e. The van der Waals surface area contributed by atoms with Crippen molar-refractivity contribution in [3.63, 3.8) is 0 Å². The summed E-state index contributed by atoms with van der Waals surface area (Å²) in [5.41, 5.74) is 1.97. The van der Waals surface area contributed by atoms with Crippen molar-refractivity contribution in [1.82, 2.24) is 0 Å². The first-order valence-electron chi connectivity index (χ1n) is 9.97. The van der Waals surface area contributed by atoms with Crippen molar-refractivity contribution in [3.8, 4) is 6.07 Å². The molecule has 1 N–H and O–H groups in total. The first kappa shape index (κ1) is 23.1. The largest absolute Gasteiger partial charge is 0.321 e. The van der Waals surface area contributed by atoms with Crippen LogP contribution in [0.5, 0.6) is 0 Å². The lowest BCUT2D eigenvalue weighted by atomic mass is 10.1. The molecule has 3 aromatic rings. The standard InChI is InChI=1S/C25H17BrClN3O2S/c26-17-6-10-19(11-7-17)29-23(31)21(15-28)25-30(20-12-8-18(27)9-13-20)24(32)22(33-25)14-16-4-2-1-3-5-16/h1-13,22H,14H2,(H,29,31). The van der Waals surface area contributed by atoms with Crippen molar-refractivity contribution in [3.05, 3.63) is 105 Å². The Morgan fingerprint density at radius 3 is 2.36 bits per heavy atom. The molecule has 5 nitrogen and oxygen atoms in total. The summed E-state index contributed by atoms with van der Waals surface area (Å²) in [4.78, 5) is 27.9. The molecule has 1 aliphatic rings. The fourth-order valence-electron chi connectivity index (χ4n) is 3.37. The SMILES string of the molecule is N#CC(C(=O)Nc1ccc(Br)cc1)=C1SC(Cc2ccccc2)C(=O)N1c1ccc(Cl)cc1. The second-order valence-electron chi connectivity index (χ2n) is 7.20. The number of nitriles is 1. The Kier molecular flexibility index (Phi) is 7.19. The number of hydrogen-bond acceptors (Lipinski definition) is 4. The van der Waals surface area contributed by atoms with E-state index in [0.29, 0.717) is 27.8 Å². The van der Waals surface area contributed by atoms with Crippen LogP contribution in [-0.4, -0.2) is 17.1 Å². The molecule has 4 rings (SSSR count). The molecule has 164 valence electrons. The zero-order chi connectivity index (χ0) is 23.4. The zero-order valence-electron chi connectivity index (χ0n) is 17.2. The van der Waals surface area contributed by atoms with Gasteiger partial charge in [-0.15, -0.1) is 0 Å². The summed E-state index contributed by atoms with van der Waals surface area (Å²) in [6, 6.07) is 25.4. The van der Waals surface area contributed by atoms with Gasteiger partial charge in [0.2, 0.25) is 5.91 Å². The van der Waals surface area contributed by atoms with Crippen LogP contribution in [0.2, 0.25) is 5.02 Å². The van der Waals surface area contributed by atoms with Crippen molar-refractivity contribution in [1.29, 1.82) is 5.26 Å². The van der Waals surface area contributed by atoms with Crippen LogP contribution in [0.3, 0.4) is 0 Å². The highest BCUT2D eigenvalue weighted by molar-refractivity contribution is 9.10. The predicted molar refractivity (Wildman–Crippen MR) is 136 cm³/mol. The topological polar surface area (TPSA) is 73.2 Å². The average molecular weight is 539 g/mol. The second-order valence-corrected chi connectivity index (χ2v) is 9.74. The highest BCUT2D eigenvalue weighted by Gasteiger charge is 2.40. The van der Waals surface area contributed by atoms with Gasteiger partial charge in [-0.05, 0) is 60.5 Å². The lowest BCUT2D eigenvalue weighted by Crippen LogP contribution is -2.30. The molecule has 0 bridgehead atoms. The summed E-state index contributed by atoms with van der Waals surface area (Å²) in [5.74, 6) is -0.764. The molecule has 8 heteroatoms. The molecule has 0 aromatic heterocycles. The lowest BCUT2D eigenvalue weighted by molar-refractivity contribution is -0.117. The number of carbonyl (C=O) groups excluding carboxylic acids is 2. The van der Waals surface area contributed by atoms with E-state index in [9.17, 15) is 14.9 Å². The fourth-order valence-corrected chi connectivity index (χ4v) is 5.07. The van der Waals surface area contributed by atoms with Crippen molar-refractivity contribution in [2.24, 2.45) is 0 Å². The Labute approximate surface area is 209 Å². The Morgan fingerprint density at radius 2 is 1.73 bits per heavy atom. The minimum absolute atomic E-state index is 0.123. The van der Waals surface area contributed by atoms with E-state index in [-0.39, 0.29) is 11.5 Å². The van der Waals surface area contributed by atoms with Gasteiger partial charge in [-0.3, -0.25) is 14.5 Å². The number of thioether (sulfide) groups is 1. The maximum absolute atomic E-state index is 13.4. The fraction of sp³-hybridized carbons (Fsp3) is 0.0800. The quantitative estimate of drug-likeness (QED) is 0.312. The third kappa shape index (κ3) is 5.31. The zero-order valence-corrected chi connectivity index (χ0v) is 20.3. The summed E-state index contributed by atoms with van der Waals surface area (Å²) < 4.78 is 0.869. The number of carbonyl (C=O) groups is 2. The van der Waals surface area contributed by atoms with E-state index in [1.165, 1.54) is 16.7 Å². The van der Waals surface area contributed by atoms with Gasteiger partial charge in [0, 0.05) is 20.9 Å². The van der Waals surface area contributed by atoms with Gasteiger partial charge in [-0.2, -0.15) is 5.26 Å². The Morgan fingerprint density at radius 1 is 1.06 bits per heavy atom. The maximum atomic E-state index is 13.4. The first-order chi connectivity index (χ1) is 16.0. The number of amides is 2. The van der Waals surface area contributed by atoms with Crippen molar-refractivity contribution < 1.29 is 9.59 Å². The molecule has 33 heavy (non-hydrogen) atoms. The molecule has 0 saturated carbocycles. The minimum atomic E-state index is -0.575. The molecule has 1 fully saturated rings. The molecule has 1 aliphatic heterocycles. The Hall–Kier alpha value is -3.05. The van der Waals surface area contributed by atoms with Crippen molar-refractivity contribution >= 4 is 62.5 Å².